The molecule has 1 heterocycles. The third-order valence-electron chi connectivity index (χ3n) is 10.0. The standard InChI is InChI=1S/C48H31NO/c1-3-16-33(17-4-1)46-41-24-11-9-21-37(41)38-22-10-12-25-42(38)48(46)47-36-20-8-7-15-32(36)27-30-43(47)49(34-18-5-2-6-19-34)35-28-29-40-39-23-13-14-26-44(39)50-45(40)31-35/h1-31H. The number of nitrogens with zero attached hydrogens (tertiary/aromatic N) is 1. The second-order valence-electron chi connectivity index (χ2n) is 12.8. The van der Waals surface area contributed by atoms with Gasteiger partial charge in [0, 0.05) is 39.3 Å². The second-order valence-corrected chi connectivity index (χ2v) is 12.8. The molecule has 0 aliphatic carbocycles. The van der Waals surface area contributed by atoms with Crippen LogP contribution in [0.15, 0.2) is 192 Å². The van der Waals surface area contributed by atoms with Gasteiger partial charge in [0.05, 0.1) is 5.69 Å². The Labute approximate surface area is 290 Å². The summed E-state index contributed by atoms with van der Waals surface area (Å²) in [4.78, 5) is 2.40. The highest BCUT2D eigenvalue weighted by atomic mass is 16.3. The second kappa shape index (κ2) is 11.5. The number of para-hydroxylation sites is 2. The molecular formula is C48H31NO. The molecule has 0 aliphatic rings. The Morgan fingerprint density at radius 2 is 0.880 bits per heavy atom. The van der Waals surface area contributed by atoms with Gasteiger partial charge in [-0.1, -0.05) is 146 Å². The average Bonchev–Trinajstić information content (AvgIpc) is 3.56. The van der Waals surface area contributed by atoms with Crippen LogP contribution in [-0.4, -0.2) is 0 Å². The highest BCUT2D eigenvalue weighted by molar-refractivity contribution is 6.25. The van der Waals surface area contributed by atoms with Gasteiger partial charge in [-0.15, -0.1) is 0 Å². The normalized spacial score (nSPS) is 11.6. The first-order chi connectivity index (χ1) is 24.8. The van der Waals surface area contributed by atoms with E-state index in [4.69, 9.17) is 4.42 Å². The zero-order valence-corrected chi connectivity index (χ0v) is 27.3. The molecule has 50 heavy (non-hydrogen) atoms. The van der Waals surface area contributed by atoms with E-state index in [1.807, 2.05) is 12.1 Å². The summed E-state index contributed by atoms with van der Waals surface area (Å²) in [7, 11) is 0. The van der Waals surface area contributed by atoms with Crippen LogP contribution in [-0.2, 0) is 0 Å². The molecule has 0 bridgehead atoms. The molecule has 0 amide bonds. The van der Waals surface area contributed by atoms with Crippen molar-refractivity contribution < 1.29 is 4.42 Å². The first kappa shape index (κ1) is 28.4. The first-order valence-electron chi connectivity index (χ1n) is 17.1. The van der Waals surface area contributed by atoms with Gasteiger partial charge in [-0.2, -0.15) is 0 Å². The highest BCUT2D eigenvalue weighted by Crippen LogP contribution is 2.52. The lowest BCUT2D eigenvalue weighted by molar-refractivity contribution is 0.669. The number of furan rings is 1. The summed E-state index contributed by atoms with van der Waals surface area (Å²) in [5, 5.41) is 9.60. The van der Waals surface area contributed by atoms with Crippen LogP contribution in [0.4, 0.5) is 17.1 Å². The molecule has 0 saturated heterocycles. The smallest absolute Gasteiger partial charge is 0.137 e. The maximum atomic E-state index is 6.46. The maximum Gasteiger partial charge on any atom is 0.137 e. The van der Waals surface area contributed by atoms with Gasteiger partial charge < -0.3 is 9.32 Å². The van der Waals surface area contributed by atoms with Crippen molar-refractivity contribution in [3.63, 3.8) is 0 Å². The van der Waals surface area contributed by atoms with Crippen molar-refractivity contribution in [1.29, 1.82) is 0 Å². The van der Waals surface area contributed by atoms with E-state index in [0.717, 1.165) is 39.0 Å². The quantitative estimate of drug-likeness (QED) is 0.175. The fourth-order valence-electron chi connectivity index (χ4n) is 7.87. The largest absolute Gasteiger partial charge is 0.456 e. The van der Waals surface area contributed by atoms with Crippen LogP contribution in [0.25, 0.3) is 76.5 Å². The Bertz CT molecular complexity index is 2870. The molecule has 0 spiro atoms. The number of rotatable bonds is 5. The number of hydrogen-bond donors (Lipinski definition) is 0. The van der Waals surface area contributed by atoms with Crippen molar-refractivity contribution in [3.8, 4) is 22.3 Å². The predicted molar refractivity (Wildman–Crippen MR) is 212 cm³/mol. The van der Waals surface area contributed by atoms with Gasteiger partial charge in [0.1, 0.15) is 11.2 Å². The van der Waals surface area contributed by atoms with Crippen LogP contribution >= 0.6 is 0 Å². The number of fused-ring (bicyclic) bond motifs is 7. The minimum Gasteiger partial charge on any atom is -0.456 e. The van der Waals surface area contributed by atoms with Crippen LogP contribution in [0.1, 0.15) is 0 Å². The van der Waals surface area contributed by atoms with E-state index in [-0.39, 0.29) is 0 Å². The van der Waals surface area contributed by atoms with Crippen LogP contribution in [0, 0.1) is 0 Å². The van der Waals surface area contributed by atoms with Crippen molar-refractivity contribution in [1.82, 2.24) is 0 Å². The van der Waals surface area contributed by atoms with E-state index >= 15 is 0 Å². The molecule has 0 radical (unpaired) electrons. The molecular weight excluding hydrogens is 607 g/mol. The van der Waals surface area contributed by atoms with Crippen molar-refractivity contribution in [3.05, 3.63) is 188 Å². The fourth-order valence-corrected chi connectivity index (χ4v) is 7.87. The van der Waals surface area contributed by atoms with E-state index in [2.05, 4.69) is 181 Å². The molecule has 2 heteroatoms. The van der Waals surface area contributed by atoms with E-state index in [9.17, 15) is 0 Å². The first-order valence-corrected chi connectivity index (χ1v) is 17.1. The molecule has 0 N–H and O–H groups in total. The van der Waals surface area contributed by atoms with Gasteiger partial charge in [-0.25, -0.2) is 0 Å². The van der Waals surface area contributed by atoms with Gasteiger partial charge in [0.15, 0.2) is 0 Å². The minimum absolute atomic E-state index is 0.869. The lowest BCUT2D eigenvalue weighted by Gasteiger charge is -2.30. The molecule has 1 aromatic heterocycles. The number of hydrogen-bond acceptors (Lipinski definition) is 2. The summed E-state index contributed by atoms with van der Waals surface area (Å²) < 4.78 is 6.46. The van der Waals surface area contributed by atoms with Crippen molar-refractivity contribution in [2.75, 3.05) is 4.90 Å². The zero-order valence-electron chi connectivity index (χ0n) is 27.3. The van der Waals surface area contributed by atoms with Crippen molar-refractivity contribution in [2.24, 2.45) is 0 Å². The van der Waals surface area contributed by atoms with Crippen LogP contribution in [0.5, 0.6) is 0 Å². The molecule has 0 unspecified atom stereocenters. The molecule has 10 rings (SSSR count). The molecule has 0 aliphatic heterocycles. The van der Waals surface area contributed by atoms with Crippen LogP contribution in [0.3, 0.4) is 0 Å². The number of anilines is 3. The molecule has 9 aromatic carbocycles. The van der Waals surface area contributed by atoms with E-state index in [1.165, 1.54) is 54.6 Å². The minimum atomic E-state index is 0.869. The molecule has 2 nitrogen and oxygen atoms in total. The van der Waals surface area contributed by atoms with E-state index in [0.29, 0.717) is 0 Å². The molecule has 234 valence electrons. The lowest BCUT2D eigenvalue weighted by Crippen LogP contribution is -2.11. The highest BCUT2D eigenvalue weighted by Gasteiger charge is 2.25. The van der Waals surface area contributed by atoms with Crippen LogP contribution in [0.2, 0.25) is 0 Å². The van der Waals surface area contributed by atoms with Gasteiger partial charge >= 0.3 is 0 Å². The van der Waals surface area contributed by atoms with E-state index < -0.39 is 0 Å². The van der Waals surface area contributed by atoms with Gasteiger partial charge in [0.25, 0.3) is 0 Å². The summed E-state index contributed by atoms with van der Waals surface area (Å²) in [6.45, 7) is 0. The van der Waals surface area contributed by atoms with Crippen molar-refractivity contribution >= 4 is 71.3 Å². The Balaban J connectivity index is 1.37. The summed E-state index contributed by atoms with van der Waals surface area (Å²) in [5.74, 6) is 0. The predicted octanol–water partition coefficient (Wildman–Crippen LogP) is 13.8. The van der Waals surface area contributed by atoms with Gasteiger partial charge in [0.2, 0.25) is 0 Å². The fraction of sp³-hybridized carbons (Fsp3) is 0. The Hall–Kier alpha value is -6.64. The summed E-state index contributed by atoms with van der Waals surface area (Å²) in [6.07, 6.45) is 0. The topological polar surface area (TPSA) is 16.4 Å². The van der Waals surface area contributed by atoms with E-state index in [1.54, 1.807) is 0 Å². The monoisotopic (exact) mass is 637 g/mol. The SMILES string of the molecule is c1ccc(-c2c(-c3c(N(c4ccccc4)c4ccc5c(c4)oc4ccccc45)ccc4ccccc34)c3ccccc3c3ccccc23)cc1. The molecule has 0 atom stereocenters. The van der Waals surface area contributed by atoms with Crippen molar-refractivity contribution in [2.45, 2.75) is 0 Å². The lowest BCUT2D eigenvalue weighted by atomic mass is 9.82. The maximum absolute atomic E-state index is 6.46. The Kier molecular flexibility index (Phi) is 6.53. The van der Waals surface area contributed by atoms with Gasteiger partial charge in [-0.3, -0.25) is 0 Å². The van der Waals surface area contributed by atoms with Crippen LogP contribution < -0.4 is 4.90 Å². The molecule has 10 aromatic rings. The average molecular weight is 638 g/mol. The zero-order chi connectivity index (χ0) is 33.0. The third kappa shape index (κ3) is 4.43. The number of benzene rings is 9. The summed E-state index contributed by atoms with van der Waals surface area (Å²) in [6, 6.07) is 67.6. The Morgan fingerprint density at radius 3 is 1.62 bits per heavy atom. The third-order valence-corrected chi connectivity index (χ3v) is 10.0. The summed E-state index contributed by atoms with van der Waals surface area (Å²) in [5.41, 5.74) is 9.82. The molecule has 0 saturated carbocycles. The summed E-state index contributed by atoms with van der Waals surface area (Å²) >= 11 is 0. The Morgan fingerprint density at radius 1 is 0.320 bits per heavy atom. The van der Waals surface area contributed by atoms with Gasteiger partial charge in [-0.05, 0) is 79.8 Å². The molecule has 0 fully saturated rings.